The third kappa shape index (κ3) is 3.68. The maximum atomic E-state index is 12.1. The quantitative estimate of drug-likeness (QED) is 0.782. The van der Waals surface area contributed by atoms with Crippen LogP contribution in [0.2, 0.25) is 0 Å². The number of aryl methyl sites for hydroxylation is 1. The summed E-state index contributed by atoms with van der Waals surface area (Å²) < 4.78 is 0. The second kappa shape index (κ2) is 6.78. The smallest absolute Gasteiger partial charge is 0.272 e. The Morgan fingerprint density at radius 3 is 3.17 bits per heavy atom. The second-order valence-corrected chi connectivity index (χ2v) is 5.85. The van der Waals surface area contributed by atoms with E-state index in [4.69, 9.17) is 0 Å². The lowest BCUT2D eigenvalue weighted by Gasteiger charge is -2.32. The van der Waals surface area contributed by atoms with E-state index in [0.717, 1.165) is 36.5 Å². The van der Waals surface area contributed by atoms with Gasteiger partial charge in [0.15, 0.2) is 0 Å². The van der Waals surface area contributed by atoms with Gasteiger partial charge >= 0.3 is 0 Å². The number of nitrogens with one attached hydrogen (secondary N) is 2. The van der Waals surface area contributed by atoms with Crippen LogP contribution in [0.1, 0.15) is 34.6 Å². The van der Waals surface area contributed by atoms with Crippen LogP contribution >= 0.6 is 0 Å². The van der Waals surface area contributed by atoms with Crippen LogP contribution in [0.15, 0.2) is 24.4 Å². The standard InChI is InChI=1S/C16H21N5O2/c1-11-8-14(20-19-11)16(23)18-9-12-4-2-6-17-15(12)21-7-3-5-13(22)10-21/h2,4,6,8,13,22H,3,5,7,9-10H2,1H3,(H,18,23)(H,19,20)/t13-/m1/s1. The zero-order chi connectivity index (χ0) is 16.2. The summed E-state index contributed by atoms with van der Waals surface area (Å²) in [6, 6.07) is 5.50. The van der Waals surface area contributed by atoms with Gasteiger partial charge in [0.05, 0.1) is 6.10 Å². The van der Waals surface area contributed by atoms with Crippen molar-refractivity contribution in [2.75, 3.05) is 18.0 Å². The number of pyridine rings is 1. The SMILES string of the molecule is Cc1cc(C(=O)NCc2cccnc2N2CCC[C@@H](O)C2)n[nH]1. The third-order valence-electron chi connectivity index (χ3n) is 3.94. The van der Waals surface area contributed by atoms with Gasteiger partial charge in [-0.05, 0) is 31.9 Å². The molecule has 7 heteroatoms. The highest BCUT2D eigenvalue weighted by Crippen LogP contribution is 2.21. The first-order chi connectivity index (χ1) is 11.1. The zero-order valence-electron chi connectivity index (χ0n) is 13.1. The first kappa shape index (κ1) is 15.5. The summed E-state index contributed by atoms with van der Waals surface area (Å²) in [6.45, 7) is 3.68. The van der Waals surface area contributed by atoms with E-state index < -0.39 is 0 Å². The highest BCUT2D eigenvalue weighted by molar-refractivity contribution is 5.92. The molecule has 1 amide bonds. The van der Waals surface area contributed by atoms with Gasteiger partial charge in [-0.1, -0.05) is 6.07 Å². The molecule has 1 saturated heterocycles. The van der Waals surface area contributed by atoms with Crippen molar-refractivity contribution in [1.82, 2.24) is 20.5 Å². The van der Waals surface area contributed by atoms with Crippen LogP contribution in [0.25, 0.3) is 0 Å². The number of hydrogen-bond donors (Lipinski definition) is 3. The molecule has 0 unspecified atom stereocenters. The molecule has 7 nitrogen and oxygen atoms in total. The minimum absolute atomic E-state index is 0.220. The first-order valence-electron chi connectivity index (χ1n) is 7.80. The summed E-state index contributed by atoms with van der Waals surface area (Å²) in [6.07, 6.45) is 3.18. The van der Waals surface area contributed by atoms with E-state index in [1.54, 1.807) is 12.3 Å². The molecule has 0 aromatic carbocycles. The van der Waals surface area contributed by atoms with Gasteiger partial charge in [0, 0.05) is 37.1 Å². The van der Waals surface area contributed by atoms with E-state index in [-0.39, 0.29) is 12.0 Å². The Labute approximate surface area is 134 Å². The molecule has 0 saturated carbocycles. The van der Waals surface area contributed by atoms with Gasteiger partial charge in [-0.3, -0.25) is 9.89 Å². The number of aromatic amines is 1. The normalized spacial score (nSPS) is 18.0. The Morgan fingerprint density at radius 2 is 2.43 bits per heavy atom. The van der Waals surface area contributed by atoms with E-state index in [1.165, 1.54) is 0 Å². The number of β-amino-alcohol motifs (C(OH)–C–C–N with tert-alkyl or cyclic N) is 1. The Morgan fingerprint density at radius 1 is 1.57 bits per heavy atom. The fraction of sp³-hybridized carbons (Fsp3) is 0.438. The summed E-state index contributed by atoms with van der Waals surface area (Å²) in [5.41, 5.74) is 2.16. The molecule has 1 atom stereocenters. The molecule has 0 radical (unpaired) electrons. The van der Waals surface area contributed by atoms with Crippen LogP contribution in [0.3, 0.4) is 0 Å². The predicted molar refractivity (Wildman–Crippen MR) is 86.2 cm³/mol. The summed E-state index contributed by atoms with van der Waals surface area (Å²) in [5, 5.41) is 19.4. The number of H-pyrrole nitrogens is 1. The number of aromatic nitrogens is 3. The van der Waals surface area contributed by atoms with E-state index in [0.29, 0.717) is 18.8 Å². The summed E-state index contributed by atoms with van der Waals surface area (Å²) in [4.78, 5) is 18.6. The minimum atomic E-state index is -0.319. The van der Waals surface area contributed by atoms with Gasteiger partial charge in [0.1, 0.15) is 11.5 Å². The lowest BCUT2D eigenvalue weighted by Crippen LogP contribution is -2.39. The van der Waals surface area contributed by atoms with Gasteiger partial charge in [-0.2, -0.15) is 5.10 Å². The van der Waals surface area contributed by atoms with Crippen LogP contribution in [0.5, 0.6) is 0 Å². The summed E-state index contributed by atoms with van der Waals surface area (Å²) in [7, 11) is 0. The maximum absolute atomic E-state index is 12.1. The van der Waals surface area contributed by atoms with Crippen molar-refractivity contribution in [2.45, 2.75) is 32.4 Å². The molecule has 1 aliphatic heterocycles. The van der Waals surface area contributed by atoms with E-state index in [9.17, 15) is 9.90 Å². The van der Waals surface area contributed by atoms with Gasteiger partial charge in [-0.25, -0.2) is 4.98 Å². The highest BCUT2D eigenvalue weighted by Gasteiger charge is 2.21. The van der Waals surface area contributed by atoms with Crippen LogP contribution in [-0.4, -0.2) is 45.4 Å². The third-order valence-corrected chi connectivity index (χ3v) is 3.94. The number of nitrogens with zero attached hydrogens (tertiary/aromatic N) is 3. The van der Waals surface area contributed by atoms with Crippen molar-refractivity contribution < 1.29 is 9.90 Å². The van der Waals surface area contributed by atoms with Crippen LogP contribution in [0, 0.1) is 6.92 Å². The Bertz CT molecular complexity index is 685. The average Bonchev–Trinajstić information content (AvgIpc) is 2.99. The van der Waals surface area contributed by atoms with Crippen molar-refractivity contribution in [3.63, 3.8) is 0 Å². The number of amides is 1. The fourth-order valence-electron chi connectivity index (χ4n) is 2.80. The Hall–Kier alpha value is -2.41. The fourth-order valence-corrected chi connectivity index (χ4v) is 2.80. The Kier molecular flexibility index (Phi) is 4.57. The number of carbonyl (C=O) groups is 1. The lowest BCUT2D eigenvalue weighted by molar-refractivity contribution is 0.0945. The van der Waals surface area contributed by atoms with E-state index >= 15 is 0 Å². The lowest BCUT2D eigenvalue weighted by atomic mass is 10.1. The molecule has 122 valence electrons. The molecular formula is C16H21N5O2. The molecule has 1 fully saturated rings. The molecule has 3 N–H and O–H groups in total. The van der Waals surface area contributed by atoms with Gasteiger partial charge in [0.25, 0.3) is 5.91 Å². The van der Waals surface area contributed by atoms with Crippen molar-refractivity contribution in [2.24, 2.45) is 0 Å². The Balaban J connectivity index is 1.69. The molecule has 0 bridgehead atoms. The van der Waals surface area contributed by atoms with Crippen molar-refractivity contribution in [1.29, 1.82) is 0 Å². The van der Waals surface area contributed by atoms with E-state index in [2.05, 4.69) is 25.4 Å². The van der Waals surface area contributed by atoms with Crippen molar-refractivity contribution in [3.05, 3.63) is 41.3 Å². The van der Waals surface area contributed by atoms with Gasteiger partial charge in [0.2, 0.25) is 0 Å². The number of carbonyl (C=O) groups excluding carboxylic acids is 1. The molecule has 23 heavy (non-hydrogen) atoms. The molecule has 2 aromatic rings. The van der Waals surface area contributed by atoms with Crippen LogP contribution in [-0.2, 0) is 6.54 Å². The zero-order valence-corrected chi connectivity index (χ0v) is 13.1. The summed E-state index contributed by atoms with van der Waals surface area (Å²) in [5.74, 6) is 0.604. The average molecular weight is 315 g/mol. The van der Waals surface area contributed by atoms with Crippen LogP contribution < -0.4 is 10.2 Å². The molecule has 2 aromatic heterocycles. The van der Waals surface area contributed by atoms with Gasteiger partial charge in [-0.15, -0.1) is 0 Å². The number of rotatable bonds is 4. The topological polar surface area (TPSA) is 94.1 Å². The number of hydrogen-bond acceptors (Lipinski definition) is 5. The maximum Gasteiger partial charge on any atom is 0.272 e. The number of anilines is 1. The van der Waals surface area contributed by atoms with Gasteiger partial charge < -0.3 is 15.3 Å². The molecule has 3 rings (SSSR count). The van der Waals surface area contributed by atoms with E-state index in [1.807, 2.05) is 19.1 Å². The molecule has 0 spiro atoms. The first-order valence-corrected chi connectivity index (χ1v) is 7.80. The molecular weight excluding hydrogens is 294 g/mol. The number of aliphatic hydroxyl groups excluding tert-OH is 1. The number of aliphatic hydroxyl groups is 1. The minimum Gasteiger partial charge on any atom is -0.391 e. The second-order valence-electron chi connectivity index (χ2n) is 5.85. The van der Waals surface area contributed by atoms with Crippen molar-refractivity contribution >= 4 is 11.7 Å². The largest absolute Gasteiger partial charge is 0.391 e. The number of piperidine rings is 1. The molecule has 1 aliphatic rings. The highest BCUT2D eigenvalue weighted by atomic mass is 16.3. The predicted octanol–water partition coefficient (Wildman–Crippen LogP) is 1.00. The molecule has 3 heterocycles. The van der Waals surface area contributed by atoms with Crippen LogP contribution in [0.4, 0.5) is 5.82 Å². The molecule has 0 aliphatic carbocycles. The summed E-state index contributed by atoms with van der Waals surface area (Å²) >= 11 is 0. The van der Waals surface area contributed by atoms with Crippen molar-refractivity contribution in [3.8, 4) is 0 Å². The monoisotopic (exact) mass is 315 g/mol.